The van der Waals surface area contributed by atoms with Crippen molar-refractivity contribution in [1.29, 1.82) is 0 Å². The molecule has 0 fully saturated rings. The third-order valence-electron chi connectivity index (χ3n) is 2.67. The number of ether oxygens (including phenoxy) is 3. The van der Waals surface area contributed by atoms with Crippen LogP contribution in [0.1, 0.15) is 13.3 Å². The largest absolute Gasteiger partial charge is 0.497 e. The number of nitrogens with two attached hydrogens (primary N) is 1. The van der Waals surface area contributed by atoms with Gasteiger partial charge in [-0.1, -0.05) is 6.92 Å². The van der Waals surface area contributed by atoms with Crippen molar-refractivity contribution < 1.29 is 14.2 Å². The molecule has 2 aromatic carbocycles. The molecular formula is C16H19NO3. The fraction of sp³-hybridized carbons (Fsp3) is 0.250. The van der Waals surface area contributed by atoms with Crippen molar-refractivity contribution in [2.75, 3.05) is 19.5 Å². The minimum Gasteiger partial charge on any atom is -0.497 e. The van der Waals surface area contributed by atoms with Crippen LogP contribution in [0.2, 0.25) is 0 Å². The van der Waals surface area contributed by atoms with Crippen molar-refractivity contribution in [2.24, 2.45) is 0 Å². The summed E-state index contributed by atoms with van der Waals surface area (Å²) in [4.78, 5) is 0. The maximum absolute atomic E-state index is 5.79. The van der Waals surface area contributed by atoms with E-state index in [-0.39, 0.29) is 0 Å². The Morgan fingerprint density at radius 1 is 0.900 bits per heavy atom. The second kappa shape index (κ2) is 6.70. The number of rotatable bonds is 6. The van der Waals surface area contributed by atoms with Crippen molar-refractivity contribution >= 4 is 5.69 Å². The molecule has 20 heavy (non-hydrogen) atoms. The number of benzene rings is 2. The van der Waals surface area contributed by atoms with E-state index in [9.17, 15) is 0 Å². The fourth-order valence-corrected chi connectivity index (χ4v) is 1.73. The van der Waals surface area contributed by atoms with Gasteiger partial charge < -0.3 is 19.9 Å². The minimum absolute atomic E-state index is 0.599. The first-order valence-electron chi connectivity index (χ1n) is 6.56. The van der Waals surface area contributed by atoms with Crippen molar-refractivity contribution in [2.45, 2.75) is 13.3 Å². The second-order valence-electron chi connectivity index (χ2n) is 4.36. The predicted octanol–water partition coefficient (Wildman–Crippen LogP) is 3.86. The average molecular weight is 273 g/mol. The summed E-state index contributed by atoms with van der Waals surface area (Å²) in [5.41, 5.74) is 6.39. The number of anilines is 1. The molecule has 0 radical (unpaired) electrons. The van der Waals surface area contributed by atoms with Crippen molar-refractivity contribution in [1.82, 2.24) is 0 Å². The van der Waals surface area contributed by atoms with Crippen LogP contribution in [0.5, 0.6) is 23.0 Å². The third kappa shape index (κ3) is 3.82. The summed E-state index contributed by atoms with van der Waals surface area (Å²) < 4.78 is 16.4. The number of hydrogen-bond donors (Lipinski definition) is 1. The molecule has 0 spiro atoms. The quantitative estimate of drug-likeness (QED) is 0.812. The molecule has 4 heteroatoms. The lowest BCUT2D eigenvalue weighted by atomic mass is 10.3. The van der Waals surface area contributed by atoms with Crippen LogP contribution in [0.4, 0.5) is 5.69 Å². The summed E-state index contributed by atoms with van der Waals surface area (Å²) in [6, 6.07) is 12.8. The summed E-state index contributed by atoms with van der Waals surface area (Å²) in [6.07, 6.45) is 0.987. The highest BCUT2D eigenvalue weighted by Crippen LogP contribution is 2.29. The second-order valence-corrected chi connectivity index (χ2v) is 4.36. The average Bonchev–Trinajstić information content (AvgIpc) is 2.46. The zero-order valence-electron chi connectivity index (χ0n) is 11.8. The van der Waals surface area contributed by atoms with Gasteiger partial charge in [0.25, 0.3) is 0 Å². The highest BCUT2D eigenvalue weighted by molar-refractivity contribution is 5.51. The van der Waals surface area contributed by atoms with Gasteiger partial charge in [-0.3, -0.25) is 0 Å². The van der Waals surface area contributed by atoms with Gasteiger partial charge in [0, 0.05) is 23.9 Å². The Bertz CT molecular complexity index is 552. The maximum Gasteiger partial charge on any atom is 0.133 e. The predicted molar refractivity (Wildman–Crippen MR) is 79.7 cm³/mol. The van der Waals surface area contributed by atoms with E-state index >= 15 is 0 Å². The molecule has 0 aromatic heterocycles. The van der Waals surface area contributed by atoms with E-state index in [0.717, 1.165) is 17.9 Å². The Labute approximate surface area is 119 Å². The summed E-state index contributed by atoms with van der Waals surface area (Å²) >= 11 is 0. The van der Waals surface area contributed by atoms with Crippen molar-refractivity contribution in [3.63, 3.8) is 0 Å². The molecule has 4 nitrogen and oxygen atoms in total. The van der Waals surface area contributed by atoms with Crippen LogP contribution in [-0.2, 0) is 0 Å². The SMILES string of the molecule is CCCOc1ccc(Oc2cc(N)cc(OC)c2)cc1. The summed E-state index contributed by atoms with van der Waals surface area (Å²) in [6.45, 7) is 2.79. The number of methoxy groups -OCH3 is 1. The molecule has 2 aromatic rings. The molecule has 0 aliphatic carbocycles. The fourth-order valence-electron chi connectivity index (χ4n) is 1.73. The Balaban J connectivity index is 2.07. The smallest absolute Gasteiger partial charge is 0.133 e. The van der Waals surface area contributed by atoms with Crippen LogP contribution < -0.4 is 19.9 Å². The van der Waals surface area contributed by atoms with Crippen LogP contribution in [0, 0.1) is 0 Å². The Kier molecular flexibility index (Phi) is 4.71. The molecule has 0 bridgehead atoms. The molecule has 0 amide bonds. The highest BCUT2D eigenvalue weighted by atomic mass is 16.5. The summed E-state index contributed by atoms with van der Waals surface area (Å²) in [7, 11) is 1.60. The van der Waals surface area contributed by atoms with Crippen LogP contribution in [0.3, 0.4) is 0 Å². The molecule has 0 atom stereocenters. The van der Waals surface area contributed by atoms with Gasteiger partial charge in [-0.15, -0.1) is 0 Å². The van der Waals surface area contributed by atoms with E-state index in [1.165, 1.54) is 0 Å². The van der Waals surface area contributed by atoms with Gasteiger partial charge in [-0.05, 0) is 30.7 Å². The first kappa shape index (κ1) is 14.1. The van der Waals surface area contributed by atoms with E-state index in [1.807, 2.05) is 24.3 Å². The topological polar surface area (TPSA) is 53.7 Å². The monoisotopic (exact) mass is 273 g/mol. The molecule has 2 rings (SSSR count). The summed E-state index contributed by atoms with van der Waals surface area (Å²) in [5, 5.41) is 0. The van der Waals surface area contributed by atoms with Gasteiger partial charge in [-0.2, -0.15) is 0 Å². The third-order valence-corrected chi connectivity index (χ3v) is 2.67. The summed E-state index contributed by atoms with van der Waals surface area (Å²) in [5.74, 6) is 2.87. The lowest BCUT2D eigenvalue weighted by Gasteiger charge is -2.10. The van der Waals surface area contributed by atoms with Gasteiger partial charge >= 0.3 is 0 Å². The molecule has 0 aliphatic rings. The zero-order valence-corrected chi connectivity index (χ0v) is 11.8. The Morgan fingerprint density at radius 3 is 2.20 bits per heavy atom. The normalized spacial score (nSPS) is 10.1. The van der Waals surface area contributed by atoms with E-state index in [0.29, 0.717) is 23.8 Å². The van der Waals surface area contributed by atoms with Crippen molar-refractivity contribution in [3.8, 4) is 23.0 Å². The molecule has 0 saturated carbocycles. The van der Waals surface area contributed by atoms with E-state index in [4.69, 9.17) is 19.9 Å². The molecular weight excluding hydrogens is 254 g/mol. The van der Waals surface area contributed by atoms with E-state index in [1.54, 1.807) is 25.3 Å². The standard InChI is InChI=1S/C16H19NO3/c1-3-8-19-13-4-6-14(7-5-13)20-16-10-12(17)9-15(11-16)18-2/h4-7,9-11H,3,8,17H2,1-2H3. The van der Waals surface area contributed by atoms with Crippen LogP contribution in [-0.4, -0.2) is 13.7 Å². The molecule has 0 unspecified atom stereocenters. The van der Waals surface area contributed by atoms with E-state index < -0.39 is 0 Å². The number of hydrogen-bond acceptors (Lipinski definition) is 4. The Hall–Kier alpha value is -2.36. The van der Waals surface area contributed by atoms with Gasteiger partial charge in [0.05, 0.1) is 13.7 Å². The molecule has 0 saturated heterocycles. The van der Waals surface area contributed by atoms with Gasteiger partial charge in [0.1, 0.15) is 23.0 Å². The van der Waals surface area contributed by atoms with Crippen LogP contribution in [0.25, 0.3) is 0 Å². The Morgan fingerprint density at radius 2 is 1.55 bits per heavy atom. The van der Waals surface area contributed by atoms with Gasteiger partial charge in [-0.25, -0.2) is 0 Å². The van der Waals surface area contributed by atoms with E-state index in [2.05, 4.69) is 6.92 Å². The van der Waals surface area contributed by atoms with Gasteiger partial charge in [0.15, 0.2) is 0 Å². The number of nitrogen functional groups attached to an aromatic ring is 1. The van der Waals surface area contributed by atoms with Crippen LogP contribution >= 0.6 is 0 Å². The minimum atomic E-state index is 0.599. The lowest BCUT2D eigenvalue weighted by molar-refractivity contribution is 0.317. The van der Waals surface area contributed by atoms with Crippen LogP contribution in [0.15, 0.2) is 42.5 Å². The first-order chi connectivity index (χ1) is 9.71. The molecule has 0 aliphatic heterocycles. The lowest BCUT2D eigenvalue weighted by Crippen LogP contribution is -1.94. The molecule has 106 valence electrons. The molecule has 0 heterocycles. The maximum atomic E-state index is 5.79. The van der Waals surface area contributed by atoms with Crippen molar-refractivity contribution in [3.05, 3.63) is 42.5 Å². The zero-order chi connectivity index (χ0) is 14.4. The first-order valence-corrected chi connectivity index (χ1v) is 6.56. The highest BCUT2D eigenvalue weighted by Gasteiger charge is 2.02. The van der Waals surface area contributed by atoms with Gasteiger partial charge in [0.2, 0.25) is 0 Å². The molecule has 2 N–H and O–H groups in total.